The number of aromatic amines is 1. The molecule has 0 aliphatic carbocycles. The minimum Gasteiger partial charge on any atom is -0.491 e. The van der Waals surface area contributed by atoms with Crippen LogP contribution in [-0.4, -0.2) is 24.5 Å². The Morgan fingerprint density at radius 1 is 1.45 bits per heavy atom. The molecule has 106 valence electrons. The highest BCUT2D eigenvalue weighted by molar-refractivity contribution is 5.95. The van der Waals surface area contributed by atoms with Crippen molar-refractivity contribution >= 4 is 11.7 Å². The normalized spacial score (nSPS) is 10.3. The Labute approximate surface area is 115 Å². The number of H-pyrrole nitrogens is 1. The monoisotopic (exact) mass is 277 g/mol. The van der Waals surface area contributed by atoms with Gasteiger partial charge in [-0.2, -0.15) is 0 Å². The van der Waals surface area contributed by atoms with Crippen molar-refractivity contribution in [2.24, 2.45) is 0 Å². The number of anilines is 1. The summed E-state index contributed by atoms with van der Waals surface area (Å²) in [7, 11) is 1.52. The van der Waals surface area contributed by atoms with E-state index in [4.69, 9.17) is 10.5 Å². The molecular formula is C14H16FN3O2. The van der Waals surface area contributed by atoms with Crippen LogP contribution in [-0.2, 0) is 6.42 Å². The lowest BCUT2D eigenvalue weighted by Crippen LogP contribution is -2.19. The van der Waals surface area contributed by atoms with Gasteiger partial charge in [-0.1, -0.05) is 18.2 Å². The second-order valence-electron chi connectivity index (χ2n) is 4.23. The Morgan fingerprint density at radius 3 is 2.90 bits per heavy atom. The summed E-state index contributed by atoms with van der Waals surface area (Å²) in [5.74, 6) is 0.112. The number of ether oxygens (including phenoxy) is 1. The van der Waals surface area contributed by atoms with Crippen LogP contribution in [0, 0.1) is 5.82 Å². The maximum Gasteiger partial charge on any atom is 0.271 e. The van der Waals surface area contributed by atoms with Gasteiger partial charge < -0.3 is 20.8 Å². The van der Waals surface area contributed by atoms with Crippen molar-refractivity contribution < 1.29 is 13.9 Å². The van der Waals surface area contributed by atoms with Crippen molar-refractivity contribution in [1.29, 1.82) is 0 Å². The van der Waals surface area contributed by atoms with Crippen molar-refractivity contribution in [1.82, 2.24) is 10.3 Å². The van der Waals surface area contributed by atoms with E-state index >= 15 is 0 Å². The lowest BCUT2D eigenvalue weighted by Gasteiger charge is -2.07. The Bertz CT molecular complexity index is 610. The lowest BCUT2D eigenvalue weighted by molar-refractivity contribution is 0.0954. The van der Waals surface area contributed by atoms with Gasteiger partial charge in [-0.25, -0.2) is 4.39 Å². The van der Waals surface area contributed by atoms with Gasteiger partial charge in [-0.3, -0.25) is 4.79 Å². The van der Waals surface area contributed by atoms with E-state index in [2.05, 4.69) is 10.3 Å². The van der Waals surface area contributed by atoms with Crippen LogP contribution in [0.3, 0.4) is 0 Å². The zero-order chi connectivity index (χ0) is 14.5. The van der Waals surface area contributed by atoms with E-state index < -0.39 is 0 Å². The van der Waals surface area contributed by atoms with E-state index in [0.29, 0.717) is 23.6 Å². The van der Waals surface area contributed by atoms with E-state index in [1.807, 2.05) is 0 Å². The molecular weight excluding hydrogens is 261 g/mol. The third kappa shape index (κ3) is 3.09. The molecule has 1 heterocycles. The number of nitrogens with two attached hydrogens (primary N) is 1. The fourth-order valence-corrected chi connectivity index (χ4v) is 1.84. The molecule has 4 N–H and O–H groups in total. The van der Waals surface area contributed by atoms with Gasteiger partial charge in [0.1, 0.15) is 17.3 Å². The quantitative estimate of drug-likeness (QED) is 0.778. The van der Waals surface area contributed by atoms with Gasteiger partial charge in [-0.15, -0.1) is 0 Å². The van der Waals surface area contributed by atoms with Crippen LogP contribution in [0.5, 0.6) is 5.75 Å². The number of benzene rings is 1. The predicted molar refractivity (Wildman–Crippen MR) is 74.2 cm³/mol. The number of hydrogen-bond acceptors (Lipinski definition) is 3. The van der Waals surface area contributed by atoms with Gasteiger partial charge in [0.05, 0.1) is 6.61 Å². The minimum atomic E-state index is -0.317. The molecule has 0 spiro atoms. The molecule has 0 unspecified atom stereocenters. The number of amides is 1. The van der Waals surface area contributed by atoms with Crippen molar-refractivity contribution in [3.05, 3.63) is 47.4 Å². The van der Waals surface area contributed by atoms with Crippen LogP contribution in [0.2, 0.25) is 0 Å². The van der Waals surface area contributed by atoms with Crippen LogP contribution in [0.1, 0.15) is 16.1 Å². The molecule has 1 aromatic heterocycles. The van der Waals surface area contributed by atoms with Crippen LogP contribution in [0.25, 0.3) is 0 Å². The number of nitrogens with one attached hydrogen (secondary N) is 2. The zero-order valence-electron chi connectivity index (χ0n) is 11.1. The lowest BCUT2D eigenvalue weighted by atomic mass is 10.1. The summed E-state index contributed by atoms with van der Waals surface area (Å²) in [4.78, 5) is 14.3. The Morgan fingerprint density at radius 2 is 2.20 bits per heavy atom. The van der Waals surface area contributed by atoms with E-state index in [9.17, 15) is 9.18 Å². The molecule has 0 fully saturated rings. The number of nitrogen functional groups attached to an aromatic ring is 1. The smallest absolute Gasteiger partial charge is 0.271 e. The van der Waals surface area contributed by atoms with Gasteiger partial charge in [0.2, 0.25) is 0 Å². The zero-order valence-corrected chi connectivity index (χ0v) is 11.1. The highest BCUT2D eigenvalue weighted by atomic mass is 19.1. The van der Waals surface area contributed by atoms with Crippen molar-refractivity contribution in [3.8, 4) is 5.75 Å². The summed E-state index contributed by atoms with van der Waals surface area (Å²) in [6.07, 6.45) is 0.408. The average Bonchev–Trinajstić information content (AvgIpc) is 2.81. The molecule has 0 atom stereocenters. The van der Waals surface area contributed by atoms with Crippen LogP contribution < -0.4 is 15.8 Å². The molecule has 6 heteroatoms. The van der Waals surface area contributed by atoms with Crippen LogP contribution in [0.4, 0.5) is 10.2 Å². The number of rotatable bonds is 5. The van der Waals surface area contributed by atoms with E-state index in [0.717, 1.165) is 0 Å². The highest BCUT2D eigenvalue weighted by Crippen LogP contribution is 2.21. The first kappa shape index (κ1) is 13.9. The van der Waals surface area contributed by atoms with Gasteiger partial charge in [-0.05, 0) is 11.6 Å². The average molecular weight is 277 g/mol. The third-order valence-electron chi connectivity index (χ3n) is 2.84. The highest BCUT2D eigenvalue weighted by Gasteiger charge is 2.14. The Hall–Kier alpha value is -2.50. The molecule has 0 radical (unpaired) electrons. The van der Waals surface area contributed by atoms with Gasteiger partial charge in [0.25, 0.3) is 5.91 Å². The van der Waals surface area contributed by atoms with Crippen molar-refractivity contribution in [3.63, 3.8) is 0 Å². The summed E-state index contributed by atoms with van der Waals surface area (Å²) < 4.78 is 18.9. The van der Waals surface area contributed by atoms with Gasteiger partial charge >= 0.3 is 0 Å². The Kier molecular flexibility index (Phi) is 4.24. The van der Waals surface area contributed by atoms with Crippen molar-refractivity contribution in [2.75, 3.05) is 19.4 Å². The number of aromatic nitrogens is 1. The molecule has 0 aliphatic heterocycles. The van der Waals surface area contributed by atoms with Crippen molar-refractivity contribution in [2.45, 2.75) is 6.42 Å². The molecule has 0 aliphatic rings. The molecule has 1 aromatic carbocycles. The second kappa shape index (κ2) is 6.10. The number of carbonyl (C=O) groups is 1. The van der Waals surface area contributed by atoms with Gasteiger partial charge in [0.15, 0.2) is 5.75 Å². The summed E-state index contributed by atoms with van der Waals surface area (Å²) in [6.45, 7) is 0.252. The van der Waals surface area contributed by atoms with E-state index in [1.165, 1.54) is 19.2 Å². The first-order valence-corrected chi connectivity index (χ1v) is 6.18. The number of halogens is 1. The maximum atomic E-state index is 13.4. The summed E-state index contributed by atoms with van der Waals surface area (Å²) in [5.41, 5.74) is 6.43. The molecule has 2 aromatic rings. The topological polar surface area (TPSA) is 80.1 Å². The minimum absolute atomic E-state index is 0.252. The second-order valence-corrected chi connectivity index (χ2v) is 4.23. The molecule has 5 nitrogen and oxygen atoms in total. The fraction of sp³-hybridized carbons (Fsp3) is 0.214. The summed E-state index contributed by atoms with van der Waals surface area (Å²) >= 11 is 0. The van der Waals surface area contributed by atoms with E-state index in [-0.39, 0.29) is 24.0 Å². The molecule has 1 amide bonds. The van der Waals surface area contributed by atoms with E-state index in [1.54, 1.807) is 18.2 Å². The molecule has 0 saturated heterocycles. The largest absolute Gasteiger partial charge is 0.491 e. The number of hydrogen-bond donors (Lipinski definition) is 3. The summed E-state index contributed by atoms with van der Waals surface area (Å²) in [6, 6.07) is 8.04. The first-order valence-electron chi connectivity index (χ1n) is 6.18. The van der Waals surface area contributed by atoms with Gasteiger partial charge in [0, 0.05) is 19.5 Å². The van der Waals surface area contributed by atoms with Crippen LogP contribution in [0.15, 0.2) is 30.3 Å². The Balaban J connectivity index is 2.01. The molecule has 0 bridgehead atoms. The number of carbonyl (C=O) groups excluding carboxylic acids is 1. The fourth-order valence-electron chi connectivity index (χ4n) is 1.84. The third-order valence-corrected chi connectivity index (χ3v) is 2.84. The molecule has 20 heavy (non-hydrogen) atoms. The van der Waals surface area contributed by atoms with Crippen LogP contribution >= 0.6 is 0 Å². The molecule has 0 saturated carbocycles. The standard InChI is InChI=1S/C14H16FN3O2/c1-17-14(19)13-11(8-12(16)18-13)20-7-6-9-4-2-3-5-10(9)15/h2-5,8,18H,6-7,16H2,1H3,(H,17,19). The summed E-state index contributed by atoms with van der Waals surface area (Å²) in [5, 5.41) is 2.49. The molecule has 2 rings (SSSR count). The SMILES string of the molecule is CNC(=O)c1[nH]c(N)cc1OCCc1ccccc1F. The first-order chi connectivity index (χ1) is 9.61. The predicted octanol–water partition coefficient (Wildman–Crippen LogP) is 1.72. The maximum absolute atomic E-state index is 13.4.